The summed E-state index contributed by atoms with van der Waals surface area (Å²) in [6, 6.07) is 8.51. The molecule has 2 fully saturated rings. The fraction of sp³-hybridized carbons (Fsp3) is 0.464. The first-order valence-corrected chi connectivity index (χ1v) is 13.1. The van der Waals surface area contributed by atoms with E-state index in [9.17, 15) is 8.78 Å². The SMILES string of the molecule is CNc1nc(NC2[C@@H]3CC[C@H]2CN(c2ccnc(OC)c2)C3)nc2c1C(C)(C)CN2c1cccc(F)c1F. The highest BCUT2D eigenvalue weighted by Gasteiger charge is 2.44. The molecule has 2 aromatic heterocycles. The summed E-state index contributed by atoms with van der Waals surface area (Å²) in [5.41, 5.74) is 1.85. The normalized spacial score (nSPS) is 23.4. The third-order valence-electron chi connectivity index (χ3n) is 8.26. The molecule has 38 heavy (non-hydrogen) atoms. The molecule has 3 atom stereocenters. The minimum atomic E-state index is -0.870. The Hall–Kier alpha value is -3.69. The molecule has 0 radical (unpaired) electrons. The van der Waals surface area contributed by atoms with Crippen LogP contribution in [0.15, 0.2) is 36.5 Å². The zero-order chi connectivity index (χ0) is 26.6. The number of rotatable bonds is 6. The zero-order valence-electron chi connectivity index (χ0n) is 22.1. The number of anilines is 5. The van der Waals surface area contributed by atoms with Crippen LogP contribution >= 0.6 is 0 Å². The standard InChI is InChI=1S/C28H33F2N7O/c1-28(2)15-37(20-7-5-6-19(29)23(20)30)26-22(28)25(31-3)34-27(35-26)33-24-16-8-9-17(24)14-36(13-16)18-10-11-32-21(12-18)38-4/h5-7,10-12,16-17,24H,8-9,13-15H2,1-4H3,(H2,31,33,34,35)/t16-,17+,24?. The lowest BCUT2D eigenvalue weighted by Gasteiger charge is -2.39. The third kappa shape index (κ3) is 4.06. The monoisotopic (exact) mass is 521 g/mol. The molecule has 3 aliphatic rings. The maximum absolute atomic E-state index is 14.9. The molecule has 200 valence electrons. The molecule has 2 N–H and O–H groups in total. The van der Waals surface area contributed by atoms with E-state index in [4.69, 9.17) is 14.7 Å². The molecule has 6 rings (SSSR count). The second kappa shape index (κ2) is 9.25. The van der Waals surface area contributed by atoms with E-state index >= 15 is 0 Å². The molecule has 0 amide bonds. The number of nitrogens with one attached hydrogen (secondary N) is 2. The van der Waals surface area contributed by atoms with Gasteiger partial charge in [0.2, 0.25) is 11.8 Å². The molecule has 1 saturated carbocycles. The molecule has 0 spiro atoms. The van der Waals surface area contributed by atoms with Crippen LogP contribution in [0.5, 0.6) is 5.88 Å². The van der Waals surface area contributed by atoms with Gasteiger partial charge >= 0.3 is 0 Å². The van der Waals surface area contributed by atoms with Gasteiger partial charge in [-0.05, 0) is 42.9 Å². The number of methoxy groups -OCH3 is 1. The van der Waals surface area contributed by atoms with Gasteiger partial charge in [-0.15, -0.1) is 0 Å². The molecule has 1 aromatic carbocycles. The van der Waals surface area contributed by atoms with Crippen LogP contribution < -0.4 is 25.2 Å². The topological polar surface area (TPSA) is 78.4 Å². The van der Waals surface area contributed by atoms with Gasteiger partial charge in [-0.2, -0.15) is 9.97 Å². The molecule has 10 heteroatoms. The van der Waals surface area contributed by atoms with E-state index in [1.165, 1.54) is 6.07 Å². The number of aromatic nitrogens is 3. The van der Waals surface area contributed by atoms with E-state index in [0.717, 1.165) is 43.2 Å². The van der Waals surface area contributed by atoms with Crippen LogP contribution in [0.1, 0.15) is 32.3 Å². The van der Waals surface area contributed by atoms with Crippen molar-refractivity contribution < 1.29 is 13.5 Å². The van der Waals surface area contributed by atoms with Gasteiger partial charge in [0, 0.05) is 61.7 Å². The highest BCUT2D eigenvalue weighted by atomic mass is 19.2. The Morgan fingerprint density at radius 1 is 1.08 bits per heavy atom. The maximum atomic E-state index is 14.9. The lowest BCUT2D eigenvalue weighted by atomic mass is 9.88. The fourth-order valence-electron chi connectivity index (χ4n) is 6.49. The van der Waals surface area contributed by atoms with E-state index < -0.39 is 11.6 Å². The Balaban J connectivity index is 1.30. The highest BCUT2D eigenvalue weighted by Crippen LogP contribution is 2.48. The summed E-state index contributed by atoms with van der Waals surface area (Å²) < 4.78 is 34.4. The quantitative estimate of drug-likeness (QED) is 0.472. The number of pyridine rings is 1. The van der Waals surface area contributed by atoms with Crippen LogP contribution in [0.4, 0.5) is 37.7 Å². The number of nitrogens with zero attached hydrogens (tertiary/aromatic N) is 5. The fourth-order valence-corrected chi connectivity index (χ4v) is 6.49. The first kappa shape index (κ1) is 24.6. The second-order valence-corrected chi connectivity index (χ2v) is 11.1. The molecule has 8 nitrogen and oxygen atoms in total. The van der Waals surface area contributed by atoms with E-state index in [1.54, 1.807) is 24.3 Å². The number of hydrogen-bond donors (Lipinski definition) is 2. The lowest BCUT2D eigenvalue weighted by molar-refractivity contribution is 0.374. The average molecular weight is 522 g/mol. The predicted octanol–water partition coefficient (Wildman–Crippen LogP) is 4.96. The Bertz CT molecular complexity index is 1350. The van der Waals surface area contributed by atoms with Gasteiger partial charge in [0.1, 0.15) is 11.6 Å². The van der Waals surface area contributed by atoms with Gasteiger partial charge in [-0.1, -0.05) is 19.9 Å². The van der Waals surface area contributed by atoms with Crippen molar-refractivity contribution in [2.75, 3.05) is 54.2 Å². The number of benzene rings is 1. The van der Waals surface area contributed by atoms with Gasteiger partial charge in [0.25, 0.3) is 0 Å². The van der Waals surface area contributed by atoms with Crippen LogP contribution in [-0.4, -0.2) is 54.8 Å². The predicted molar refractivity (Wildman–Crippen MR) is 145 cm³/mol. The van der Waals surface area contributed by atoms with Gasteiger partial charge in [-0.25, -0.2) is 13.8 Å². The van der Waals surface area contributed by atoms with Crippen molar-refractivity contribution >= 4 is 29.0 Å². The van der Waals surface area contributed by atoms with Crippen molar-refractivity contribution in [2.24, 2.45) is 11.8 Å². The van der Waals surface area contributed by atoms with Crippen molar-refractivity contribution in [3.05, 3.63) is 53.7 Å². The summed E-state index contributed by atoms with van der Waals surface area (Å²) in [5, 5.41) is 6.87. The van der Waals surface area contributed by atoms with Crippen LogP contribution in [0.25, 0.3) is 0 Å². The second-order valence-electron chi connectivity index (χ2n) is 11.1. The molecule has 1 saturated heterocycles. The summed E-state index contributed by atoms with van der Waals surface area (Å²) in [5.74, 6) is 1.55. The molecule has 1 aliphatic carbocycles. The highest BCUT2D eigenvalue weighted by molar-refractivity contribution is 5.76. The van der Waals surface area contributed by atoms with Crippen molar-refractivity contribution in [3.8, 4) is 5.88 Å². The number of fused-ring (bicyclic) bond motifs is 3. The largest absolute Gasteiger partial charge is 0.481 e. The van der Waals surface area contributed by atoms with Crippen LogP contribution in [0.2, 0.25) is 0 Å². The minimum Gasteiger partial charge on any atom is -0.481 e. The first-order valence-electron chi connectivity index (χ1n) is 13.1. The van der Waals surface area contributed by atoms with Crippen molar-refractivity contribution in [3.63, 3.8) is 0 Å². The Kier molecular flexibility index (Phi) is 6.00. The van der Waals surface area contributed by atoms with Crippen LogP contribution in [-0.2, 0) is 5.41 Å². The Morgan fingerprint density at radius 3 is 2.55 bits per heavy atom. The maximum Gasteiger partial charge on any atom is 0.226 e. The molecule has 2 bridgehead atoms. The molecular weight excluding hydrogens is 488 g/mol. The van der Waals surface area contributed by atoms with Gasteiger partial charge in [0.05, 0.1) is 12.8 Å². The van der Waals surface area contributed by atoms with E-state index in [2.05, 4.69) is 34.4 Å². The number of ether oxygens (including phenoxy) is 1. The molecule has 3 aromatic rings. The lowest BCUT2D eigenvalue weighted by Crippen LogP contribution is -2.48. The number of halogens is 2. The molecule has 1 unspecified atom stereocenters. The van der Waals surface area contributed by atoms with E-state index in [0.29, 0.717) is 41.8 Å². The summed E-state index contributed by atoms with van der Waals surface area (Å²) in [6.45, 7) is 6.45. The summed E-state index contributed by atoms with van der Waals surface area (Å²) in [4.78, 5) is 18.2. The molecular formula is C28H33F2N7O. The van der Waals surface area contributed by atoms with Crippen molar-refractivity contribution in [1.29, 1.82) is 0 Å². The summed E-state index contributed by atoms with van der Waals surface area (Å²) in [7, 11) is 3.46. The van der Waals surface area contributed by atoms with Crippen molar-refractivity contribution in [2.45, 2.75) is 38.1 Å². The number of hydrogen-bond acceptors (Lipinski definition) is 8. The number of piperidine rings is 1. The molecule has 4 heterocycles. The van der Waals surface area contributed by atoms with Gasteiger partial charge in [0.15, 0.2) is 11.6 Å². The Morgan fingerprint density at radius 2 is 1.84 bits per heavy atom. The summed E-state index contributed by atoms with van der Waals surface area (Å²) >= 11 is 0. The zero-order valence-corrected chi connectivity index (χ0v) is 22.1. The van der Waals surface area contributed by atoms with Crippen LogP contribution in [0, 0.1) is 23.5 Å². The van der Waals surface area contributed by atoms with Gasteiger partial charge in [-0.3, -0.25) is 0 Å². The van der Waals surface area contributed by atoms with Crippen molar-refractivity contribution in [1.82, 2.24) is 15.0 Å². The Labute approximate surface area is 221 Å². The molecule has 2 aliphatic heterocycles. The van der Waals surface area contributed by atoms with Gasteiger partial charge < -0.3 is 25.2 Å². The first-order chi connectivity index (χ1) is 18.3. The van der Waals surface area contributed by atoms with E-state index in [1.807, 2.05) is 19.2 Å². The smallest absolute Gasteiger partial charge is 0.226 e. The van der Waals surface area contributed by atoms with Crippen LogP contribution in [0.3, 0.4) is 0 Å². The third-order valence-corrected chi connectivity index (χ3v) is 8.26. The minimum absolute atomic E-state index is 0.185. The van der Waals surface area contributed by atoms with E-state index in [-0.39, 0.29) is 17.1 Å². The average Bonchev–Trinajstić information content (AvgIpc) is 3.30. The summed E-state index contributed by atoms with van der Waals surface area (Å²) in [6.07, 6.45) is 4.03.